The monoisotopic (exact) mass is 398 g/mol. The Hall–Kier alpha value is -2.52. The molecule has 0 unspecified atom stereocenters. The SMILES string of the molecule is Cc1cc(NC(=O)N2CCN(c3cccc(C#N)c3)CC2)ccc1Br. The molecule has 0 aliphatic carbocycles. The van der Waals surface area contributed by atoms with E-state index in [1.807, 2.05) is 48.2 Å². The first-order chi connectivity index (χ1) is 12.1. The van der Waals surface area contributed by atoms with Gasteiger partial charge in [0.25, 0.3) is 0 Å². The molecule has 128 valence electrons. The Kier molecular flexibility index (Phi) is 5.25. The summed E-state index contributed by atoms with van der Waals surface area (Å²) in [5.41, 5.74) is 3.57. The van der Waals surface area contributed by atoms with Crippen molar-refractivity contribution in [1.82, 2.24) is 4.90 Å². The van der Waals surface area contributed by atoms with Gasteiger partial charge >= 0.3 is 6.03 Å². The van der Waals surface area contributed by atoms with Gasteiger partial charge in [-0.15, -0.1) is 0 Å². The highest BCUT2D eigenvalue weighted by molar-refractivity contribution is 9.10. The predicted octanol–water partition coefficient (Wildman–Crippen LogP) is 3.98. The van der Waals surface area contributed by atoms with Crippen LogP contribution in [0.15, 0.2) is 46.9 Å². The summed E-state index contributed by atoms with van der Waals surface area (Å²) in [6.45, 7) is 4.80. The molecule has 5 nitrogen and oxygen atoms in total. The number of carbonyl (C=O) groups excluding carboxylic acids is 1. The number of nitrogens with zero attached hydrogens (tertiary/aromatic N) is 3. The molecule has 0 aromatic heterocycles. The van der Waals surface area contributed by atoms with Crippen LogP contribution in [0, 0.1) is 18.3 Å². The molecule has 0 atom stereocenters. The number of nitriles is 1. The summed E-state index contributed by atoms with van der Waals surface area (Å²) in [5.74, 6) is 0. The molecule has 0 radical (unpaired) electrons. The molecule has 0 bridgehead atoms. The number of benzene rings is 2. The van der Waals surface area contributed by atoms with Gasteiger partial charge < -0.3 is 15.1 Å². The standard InChI is InChI=1S/C19H19BrN4O/c1-14-11-16(5-6-18(14)20)22-19(25)24-9-7-23(8-10-24)17-4-2-3-15(12-17)13-21/h2-6,11-12H,7-10H2,1H3,(H,22,25). The Morgan fingerprint density at radius 3 is 2.60 bits per heavy atom. The van der Waals surface area contributed by atoms with Crippen LogP contribution in [0.5, 0.6) is 0 Å². The second-order valence-electron chi connectivity index (χ2n) is 6.03. The molecule has 2 amide bonds. The highest BCUT2D eigenvalue weighted by atomic mass is 79.9. The molecule has 1 aliphatic heterocycles. The van der Waals surface area contributed by atoms with E-state index >= 15 is 0 Å². The molecule has 2 aromatic rings. The van der Waals surface area contributed by atoms with Crippen LogP contribution in [-0.4, -0.2) is 37.1 Å². The number of carbonyl (C=O) groups is 1. The molecule has 2 aromatic carbocycles. The highest BCUT2D eigenvalue weighted by Gasteiger charge is 2.21. The van der Waals surface area contributed by atoms with Crippen molar-refractivity contribution >= 4 is 33.3 Å². The zero-order chi connectivity index (χ0) is 17.8. The second-order valence-corrected chi connectivity index (χ2v) is 6.88. The largest absolute Gasteiger partial charge is 0.368 e. The molecule has 0 spiro atoms. The van der Waals surface area contributed by atoms with Gasteiger partial charge in [-0.1, -0.05) is 22.0 Å². The maximum atomic E-state index is 12.4. The molecular formula is C19H19BrN4O. The lowest BCUT2D eigenvalue weighted by Gasteiger charge is -2.36. The molecular weight excluding hydrogens is 380 g/mol. The predicted molar refractivity (Wildman–Crippen MR) is 103 cm³/mol. The lowest BCUT2D eigenvalue weighted by atomic mass is 10.2. The van der Waals surface area contributed by atoms with E-state index in [1.165, 1.54) is 0 Å². The molecule has 1 saturated heterocycles. The van der Waals surface area contributed by atoms with Crippen LogP contribution in [0.1, 0.15) is 11.1 Å². The normalized spacial score (nSPS) is 14.1. The maximum absolute atomic E-state index is 12.4. The number of piperazine rings is 1. The van der Waals surface area contributed by atoms with E-state index in [0.717, 1.165) is 34.5 Å². The molecule has 1 aliphatic rings. The van der Waals surface area contributed by atoms with E-state index in [4.69, 9.17) is 5.26 Å². The topological polar surface area (TPSA) is 59.4 Å². The number of amides is 2. The van der Waals surface area contributed by atoms with E-state index < -0.39 is 0 Å². The van der Waals surface area contributed by atoms with Crippen molar-refractivity contribution in [2.45, 2.75) is 6.92 Å². The smallest absolute Gasteiger partial charge is 0.321 e. The Morgan fingerprint density at radius 2 is 1.92 bits per heavy atom. The first-order valence-electron chi connectivity index (χ1n) is 8.14. The van der Waals surface area contributed by atoms with Crippen LogP contribution in [0.25, 0.3) is 0 Å². The average Bonchev–Trinajstić information content (AvgIpc) is 2.65. The Morgan fingerprint density at radius 1 is 1.16 bits per heavy atom. The third kappa shape index (κ3) is 4.12. The fourth-order valence-corrected chi connectivity index (χ4v) is 3.11. The van der Waals surface area contributed by atoms with Gasteiger partial charge in [0, 0.05) is 42.0 Å². The summed E-state index contributed by atoms with van der Waals surface area (Å²) in [6, 6.07) is 15.4. The van der Waals surface area contributed by atoms with E-state index in [1.54, 1.807) is 6.07 Å². The van der Waals surface area contributed by atoms with Gasteiger partial charge in [-0.3, -0.25) is 0 Å². The first kappa shape index (κ1) is 17.3. The molecule has 0 saturated carbocycles. The number of halogens is 1. The van der Waals surface area contributed by atoms with Crippen LogP contribution < -0.4 is 10.2 Å². The quantitative estimate of drug-likeness (QED) is 0.831. The van der Waals surface area contributed by atoms with Crippen molar-refractivity contribution in [3.05, 3.63) is 58.1 Å². The molecule has 25 heavy (non-hydrogen) atoms. The van der Waals surface area contributed by atoms with Gasteiger partial charge in [-0.05, 0) is 48.9 Å². The summed E-state index contributed by atoms with van der Waals surface area (Å²) in [7, 11) is 0. The zero-order valence-corrected chi connectivity index (χ0v) is 15.6. The van der Waals surface area contributed by atoms with Crippen molar-refractivity contribution in [3.63, 3.8) is 0 Å². The first-order valence-corrected chi connectivity index (χ1v) is 8.93. The van der Waals surface area contributed by atoms with Crippen LogP contribution in [-0.2, 0) is 0 Å². The van der Waals surface area contributed by atoms with E-state index in [-0.39, 0.29) is 6.03 Å². The van der Waals surface area contributed by atoms with E-state index in [9.17, 15) is 4.79 Å². The number of hydrogen-bond donors (Lipinski definition) is 1. The van der Waals surface area contributed by atoms with Crippen molar-refractivity contribution in [2.75, 3.05) is 36.4 Å². The van der Waals surface area contributed by atoms with Crippen LogP contribution in [0.4, 0.5) is 16.2 Å². The molecule has 6 heteroatoms. The van der Waals surface area contributed by atoms with Crippen LogP contribution >= 0.6 is 15.9 Å². The summed E-state index contributed by atoms with van der Waals surface area (Å²) >= 11 is 3.46. The minimum atomic E-state index is -0.0767. The van der Waals surface area contributed by atoms with Crippen molar-refractivity contribution < 1.29 is 4.79 Å². The minimum Gasteiger partial charge on any atom is -0.368 e. The number of aryl methyl sites for hydroxylation is 1. The molecule has 1 N–H and O–H groups in total. The Balaban J connectivity index is 1.58. The zero-order valence-electron chi connectivity index (χ0n) is 14.0. The fourth-order valence-electron chi connectivity index (χ4n) is 2.86. The van der Waals surface area contributed by atoms with Crippen molar-refractivity contribution in [2.24, 2.45) is 0 Å². The fraction of sp³-hybridized carbons (Fsp3) is 0.263. The number of rotatable bonds is 2. The summed E-state index contributed by atoms with van der Waals surface area (Å²) in [6.07, 6.45) is 0. The lowest BCUT2D eigenvalue weighted by Crippen LogP contribution is -2.50. The molecule has 1 heterocycles. The highest BCUT2D eigenvalue weighted by Crippen LogP contribution is 2.21. The van der Waals surface area contributed by atoms with Gasteiger partial charge in [-0.2, -0.15) is 5.26 Å². The summed E-state index contributed by atoms with van der Waals surface area (Å²) in [4.78, 5) is 16.5. The van der Waals surface area contributed by atoms with Gasteiger partial charge in [0.1, 0.15) is 0 Å². The third-order valence-corrected chi connectivity index (χ3v) is 5.21. The van der Waals surface area contributed by atoms with Gasteiger partial charge in [-0.25, -0.2) is 4.79 Å². The minimum absolute atomic E-state index is 0.0767. The molecule has 1 fully saturated rings. The lowest BCUT2D eigenvalue weighted by molar-refractivity contribution is 0.208. The van der Waals surface area contributed by atoms with Crippen molar-refractivity contribution in [1.29, 1.82) is 5.26 Å². The number of nitrogens with one attached hydrogen (secondary N) is 1. The Labute approximate surface area is 156 Å². The number of urea groups is 1. The van der Waals surface area contributed by atoms with Crippen LogP contribution in [0.2, 0.25) is 0 Å². The van der Waals surface area contributed by atoms with Gasteiger partial charge in [0.05, 0.1) is 11.6 Å². The third-order valence-electron chi connectivity index (χ3n) is 4.32. The van der Waals surface area contributed by atoms with Crippen molar-refractivity contribution in [3.8, 4) is 6.07 Å². The molecule has 3 rings (SSSR count). The average molecular weight is 399 g/mol. The maximum Gasteiger partial charge on any atom is 0.321 e. The summed E-state index contributed by atoms with van der Waals surface area (Å²) in [5, 5.41) is 12.0. The van der Waals surface area contributed by atoms with Crippen LogP contribution in [0.3, 0.4) is 0 Å². The number of anilines is 2. The van der Waals surface area contributed by atoms with E-state index in [2.05, 4.69) is 32.2 Å². The van der Waals surface area contributed by atoms with Gasteiger partial charge in [0.15, 0.2) is 0 Å². The Bertz CT molecular complexity index is 822. The van der Waals surface area contributed by atoms with Gasteiger partial charge in [0.2, 0.25) is 0 Å². The summed E-state index contributed by atoms with van der Waals surface area (Å²) < 4.78 is 1.03. The number of hydrogen-bond acceptors (Lipinski definition) is 3. The second kappa shape index (κ2) is 7.58. The van der Waals surface area contributed by atoms with E-state index in [0.29, 0.717) is 18.7 Å².